The van der Waals surface area contributed by atoms with Crippen molar-refractivity contribution in [3.8, 4) is 11.1 Å². The van der Waals surface area contributed by atoms with Crippen LogP contribution in [0.3, 0.4) is 0 Å². The molecule has 3 rings (SSSR count). The van der Waals surface area contributed by atoms with Gasteiger partial charge in [-0.25, -0.2) is 9.18 Å². The maximum atomic E-state index is 13.8. The summed E-state index contributed by atoms with van der Waals surface area (Å²) in [5.74, 6) is -0.898. The van der Waals surface area contributed by atoms with Crippen LogP contribution in [0, 0.1) is 5.82 Å². The number of halogens is 1. The minimum atomic E-state index is -0.945. The van der Waals surface area contributed by atoms with Gasteiger partial charge in [-0.15, -0.1) is 0 Å². The number of benzene rings is 1. The molecule has 1 aliphatic heterocycles. The maximum Gasteiger partial charge on any atom is 0.338 e. The van der Waals surface area contributed by atoms with E-state index in [1.165, 1.54) is 13.1 Å². The zero-order chi connectivity index (χ0) is 14.3. The quantitative estimate of drug-likeness (QED) is 0.854. The van der Waals surface area contributed by atoms with Gasteiger partial charge in [-0.2, -0.15) is 0 Å². The van der Waals surface area contributed by atoms with Crippen LogP contribution in [0.25, 0.3) is 11.1 Å². The molecule has 0 saturated heterocycles. The van der Waals surface area contributed by atoms with Crippen LogP contribution in [0.5, 0.6) is 0 Å². The third kappa shape index (κ3) is 1.96. The van der Waals surface area contributed by atoms with E-state index in [4.69, 9.17) is 4.74 Å². The lowest BCUT2D eigenvalue weighted by Gasteiger charge is -2.13. The van der Waals surface area contributed by atoms with Gasteiger partial charge in [0.2, 0.25) is 0 Å². The number of hydrogen-bond acceptors (Lipinski definition) is 4. The lowest BCUT2D eigenvalue weighted by molar-refractivity contribution is 0.0535. The third-order valence-corrected chi connectivity index (χ3v) is 3.35. The maximum absolute atomic E-state index is 13.8. The summed E-state index contributed by atoms with van der Waals surface area (Å²) in [4.78, 5) is 15.2. The van der Waals surface area contributed by atoms with E-state index in [1.54, 1.807) is 18.2 Å². The van der Waals surface area contributed by atoms with Crippen LogP contribution in [-0.2, 0) is 11.3 Å². The topological polar surface area (TPSA) is 59.4 Å². The first-order valence-electron chi connectivity index (χ1n) is 6.20. The third-order valence-electron chi connectivity index (χ3n) is 3.35. The van der Waals surface area contributed by atoms with Crippen LogP contribution in [-0.4, -0.2) is 16.1 Å². The predicted octanol–water partition coefficient (Wildman–Crippen LogP) is 2.61. The first-order valence-corrected chi connectivity index (χ1v) is 6.20. The summed E-state index contributed by atoms with van der Waals surface area (Å²) < 4.78 is 18.8. The van der Waals surface area contributed by atoms with E-state index in [0.29, 0.717) is 16.7 Å². The molecule has 5 heteroatoms. The minimum absolute atomic E-state index is 0.199. The van der Waals surface area contributed by atoms with Gasteiger partial charge in [-0.05, 0) is 24.6 Å². The number of carbonyl (C=O) groups is 1. The number of aromatic nitrogens is 1. The number of carbonyl (C=O) groups excluding carboxylic acids is 1. The number of ether oxygens (including phenoxy) is 1. The summed E-state index contributed by atoms with van der Waals surface area (Å²) in [6.45, 7) is 1.72. The number of rotatable bonds is 2. The van der Waals surface area contributed by atoms with Gasteiger partial charge in [0, 0.05) is 22.9 Å². The summed E-state index contributed by atoms with van der Waals surface area (Å²) in [5, 5.41) is 9.74. The van der Waals surface area contributed by atoms with E-state index in [-0.39, 0.29) is 18.1 Å². The number of aliphatic hydroxyl groups is 1. The van der Waals surface area contributed by atoms with Crippen molar-refractivity contribution in [2.45, 2.75) is 19.6 Å². The predicted molar refractivity (Wildman–Crippen MR) is 69.4 cm³/mol. The summed E-state index contributed by atoms with van der Waals surface area (Å²) in [6, 6.07) is 5.12. The van der Waals surface area contributed by atoms with Gasteiger partial charge < -0.3 is 9.84 Å². The molecule has 4 nitrogen and oxygen atoms in total. The molecular weight excluding hydrogens is 261 g/mol. The molecule has 1 aromatic heterocycles. The monoisotopic (exact) mass is 273 g/mol. The second kappa shape index (κ2) is 4.68. The Morgan fingerprint density at radius 1 is 1.35 bits per heavy atom. The van der Waals surface area contributed by atoms with E-state index in [1.807, 2.05) is 0 Å². The van der Waals surface area contributed by atoms with Crippen molar-refractivity contribution in [2.24, 2.45) is 0 Å². The van der Waals surface area contributed by atoms with Crippen molar-refractivity contribution in [1.29, 1.82) is 0 Å². The number of hydrogen-bond donors (Lipinski definition) is 1. The fourth-order valence-corrected chi connectivity index (χ4v) is 2.40. The summed E-state index contributed by atoms with van der Waals surface area (Å²) in [6.07, 6.45) is 1.63. The lowest BCUT2D eigenvalue weighted by atomic mass is 9.96. The van der Waals surface area contributed by atoms with E-state index < -0.39 is 11.9 Å². The molecule has 0 amide bonds. The van der Waals surface area contributed by atoms with Crippen molar-refractivity contribution in [1.82, 2.24) is 4.98 Å². The number of esters is 1. The molecular formula is C15H12FNO3. The van der Waals surface area contributed by atoms with Gasteiger partial charge >= 0.3 is 5.97 Å². The Morgan fingerprint density at radius 3 is 2.90 bits per heavy atom. The molecule has 1 aromatic carbocycles. The van der Waals surface area contributed by atoms with Crippen LogP contribution in [0.4, 0.5) is 4.39 Å². The minimum Gasteiger partial charge on any atom is -0.457 e. The highest BCUT2D eigenvalue weighted by Crippen LogP contribution is 2.32. The second-order valence-corrected chi connectivity index (χ2v) is 4.71. The van der Waals surface area contributed by atoms with Gasteiger partial charge in [-0.3, -0.25) is 4.98 Å². The Bertz CT molecular complexity index is 698. The highest BCUT2D eigenvalue weighted by molar-refractivity contribution is 5.94. The van der Waals surface area contributed by atoms with E-state index >= 15 is 0 Å². The first kappa shape index (κ1) is 12.7. The number of fused-ring (bicyclic) bond motifs is 1. The van der Waals surface area contributed by atoms with Crippen LogP contribution >= 0.6 is 0 Å². The number of cyclic esters (lactones) is 1. The van der Waals surface area contributed by atoms with Crippen molar-refractivity contribution in [2.75, 3.05) is 0 Å². The Kier molecular flexibility index (Phi) is 2.99. The standard InChI is InChI=1S/C15H12FNO3/c1-8(18)14-12(5-17-6-13(14)16)9-2-3-11-10(4-9)7-20-15(11)19/h2-6,8,18H,7H2,1H3/t8-/m1/s1. The Morgan fingerprint density at radius 2 is 2.15 bits per heavy atom. The fraction of sp³-hybridized carbons (Fsp3) is 0.200. The fourth-order valence-electron chi connectivity index (χ4n) is 2.40. The van der Waals surface area contributed by atoms with Gasteiger partial charge in [0.1, 0.15) is 12.4 Å². The lowest BCUT2D eigenvalue weighted by Crippen LogP contribution is -2.01. The SMILES string of the molecule is C[C@@H](O)c1c(F)cncc1-c1ccc2c(c1)COC2=O. The van der Waals surface area contributed by atoms with Gasteiger partial charge in [-0.1, -0.05) is 6.07 Å². The molecule has 1 aliphatic rings. The molecule has 0 saturated carbocycles. The van der Waals surface area contributed by atoms with Crippen LogP contribution in [0.2, 0.25) is 0 Å². The molecule has 1 atom stereocenters. The molecule has 1 N–H and O–H groups in total. The molecule has 0 bridgehead atoms. The Hall–Kier alpha value is -2.27. The summed E-state index contributed by atoms with van der Waals surface area (Å²) >= 11 is 0. The van der Waals surface area contributed by atoms with E-state index in [9.17, 15) is 14.3 Å². The molecule has 20 heavy (non-hydrogen) atoms. The van der Waals surface area contributed by atoms with Crippen LogP contribution in [0.15, 0.2) is 30.6 Å². The van der Waals surface area contributed by atoms with E-state index in [0.717, 1.165) is 11.8 Å². The number of pyridine rings is 1. The highest BCUT2D eigenvalue weighted by atomic mass is 19.1. The van der Waals surface area contributed by atoms with Crippen molar-refractivity contribution >= 4 is 5.97 Å². The Balaban J connectivity index is 2.15. The second-order valence-electron chi connectivity index (χ2n) is 4.71. The Labute approximate surface area is 114 Å². The molecule has 0 unspecified atom stereocenters. The molecule has 0 aliphatic carbocycles. The number of aliphatic hydroxyl groups excluding tert-OH is 1. The van der Waals surface area contributed by atoms with Crippen LogP contribution < -0.4 is 0 Å². The molecule has 0 radical (unpaired) electrons. The summed E-state index contributed by atoms with van der Waals surface area (Å²) in [5.41, 5.74) is 2.70. The van der Waals surface area contributed by atoms with Crippen molar-refractivity contribution in [3.63, 3.8) is 0 Å². The van der Waals surface area contributed by atoms with E-state index in [2.05, 4.69) is 4.98 Å². The van der Waals surface area contributed by atoms with Crippen molar-refractivity contribution < 1.29 is 19.0 Å². The molecule has 102 valence electrons. The van der Waals surface area contributed by atoms with Crippen LogP contribution in [0.1, 0.15) is 34.5 Å². The largest absolute Gasteiger partial charge is 0.457 e. The molecule has 0 spiro atoms. The normalized spacial score (nSPS) is 14.8. The first-order chi connectivity index (χ1) is 9.58. The molecule has 0 fully saturated rings. The smallest absolute Gasteiger partial charge is 0.338 e. The molecule has 2 aromatic rings. The average Bonchev–Trinajstić information content (AvgIpc) is 2.79. The summed E-state index contributed by atoms with van der Waals surface area (Å²) in [7, 11) is 0. The zero-order valence-corrected chi connectivity index (χ0v) is 10.8. The average molecular weight is 273 g/mol. The zero-order valence-electron chi connectivity index (χ0n) is 10.8. The number of nitrogens with zero attached hydrogens (tertiary/aromatic N) is 1. The van der Waals surface area contributed by atoms with Gasteiger partial charge in [0.05, 0.1) is 17.9 Å². The van der Waals surface area contributed by atoms with Gasteiger partial charge in [0.25, 0.3) is 0 Å². The molecule has 2 heterocycles. The highest BCUT2D eigenvalue weighted by Gasteiger charge is 2.22. The van der Waals surface area contributed by atoms with Gasteiger partial charge in [0.15, 0.2) is 0 Å². The van der Waals surface area contributed by atoms with Crippen molar-refractivity contribution in [3.05, 3.63) is 53.1 Å².